The molecule has 0 bridgehead atoms. The number of likely N-dealkylation sites (tertiary alicyclic amines) is 1. The Morgan fingerprint density at radius 3 is 2.29 bits per heavy atom. The SMILES string of the molecule is O=C(NCc1ccc(CN2CCCCC2)cc1)C1CCN(S(=O)(=O)c2cccs2)CC1. The average Bonchev–Trinajstić information content (AvgIpc) is 3.35. The Morgan fingerprint density at radius 1 is 0.968 bits per heavy atom. The van der Waals surface area contributed by atoms with Crippen LogP contribution in [0.3, 0.4) is 0 Å². The molecule has 4 rings (SSSR count). The summed E-state index contributed by atoms with van der Waals surface area (Å²) in [5.41, 5.74) is 2.41. The molecule has 2 aliphatic rings. The van der Waals surface area contributed by atoms with Crippen molar-refractivity contribution in [3.63, 3.8) is 0 Å². The number of carbonyl (C=O) groups is 1. The zero-order valence-corrected chi connectivity index (χ0v) is 19.5. The fourth-order valence-corrected chi connectivity index (χ4v) is 6.98. The van der Waals surface area contributed by atoms with Gasteiger partial charge in [-0.3, -0.25) is 9.69 Å². The lowest BCUT2D eigenvalue weighted by molar-refractivity contribution is -0.126. The third-order valence-corrected chi connectivity index (χ3v) is 9.53. The lowest BCUT2D eigenvalue weighted by Gasteiger charge is -2.30. The van der Waals surface area contributed by atoms with Crippen LogP contribution in [-0.4, -0.2) is 49.7 Å². The van der Waals surface area contributed by atoms with E-state index in [0.29, 0.717) is 36.7 Å². The molecule has 0 saturated carbocycles. The monoisotopic (exact) mass is 461 g/mol. The van der Waals surface area contributed by atoms with Crippen molar-refractivity contribution in [1.29, 1.82) is 0 Å². The molecule has 0 aliphatic carbocycles. The number of hydrogen-bond donors (Lipinski definition) is 1. The average molecular weight is 462 g/mol. The van der Waals surface area contributed by atoms with Crippen LogP contribution in [0.1, 0.15) is 43.2 Å². The van der Waals surface area contributed by atoms with Crippen LogP contribution >= 0.6 is 11.3 Å². The Kier molecular flexibility index (Phi) is 7.43. The first-order chi connectivity index (χ1) is 15.0. The van der Waals surface area contributed by atoms with Crippen LogP contribution < -0.4 is 5.32 Å². The van der Waals surface area contributed by atoms with E-state index >= 15 is 0 Å². The number of piperidine rings is 2. The maximum atomic E-state index is 12.6. The summed E-state index contributed by atoms with van der Waals surface area (Å²) in [5, 5.41) is 4.81. The second-order valence-electron chi connectivity index (χ2n) is 8.48. The van der Waals surface area contributed by atoms with Crippen LogP contribution in [0.5, 0.6) is 0 Å². The fourth-order valence-electron chi connectivity index (χ4n) is 4.37. The summed E-state index contributed by atoms with van der Waals surface area (Å²) in [5.74, 6) is -0.112. The number of rotatable bonds is 7. The van der Waals surface area contributed by atoms with E-state index in [1.807, 2.05) is 0 Å². The quantitative estimate of drug-likeness (QED) is 0.686. The Morgan fingerprint density at radius 2 is 1.65 bits per heavy atom. The molecular formula is C23H31N3O3S2. The Labute approximate surface area is 189 Å². The van der Waals surface area contributed by atoms with Crippen molar-refractivity contribution in [2.45, 2.75) is 49.4 Å². The van der Waals surface area contributed by atoms with Gasteiger partial charge in [0.05, 0.1) is 0 Å². The molecule has 1 N–H and O–H groups in total. The van der Waals surface area contributed by atoms with E-state index in [4.69, 9.17) is 0 Å². The molecule has 2 saturated heterocycles. The Hall–Kier alpha value is -1.74. The Balaban J connectivity index is 1.22. The van der Waals surface area contributed by atoms with Gasteiger partial charge in [0.2, 0.25) is 5.91 Å². The number of hydrogen-bond acceptors (Lipinski definition) is 5. The summed E-state index contributed by atoms with van der Waals surface area (Å²) in [6.07, 6.45) is 5.06. The predicted octanol–water partition coefficient (Wildman–Crippen LogP) is 3.45. The number of nitrogens with one attached hydrogen (secondary N) is 1. The van der Waals surface area contributed by atoms with E-state index < -0.39 is 10.0 Å². The van der Waals surface area contributed by atoms with Crippen molar-refractivity contribution >= 4 is 27.3 Å². The fraction of sp³-hybridized carbons (Fsp3) is 0.522. The maximum Gasteiger partial charge on any atom is 0.252 e. The molecule has 31 heavy (non-hydrogen) atoms. The summed E-state index contributed by atoms with van der Waals surface area (Å²) in [6, 6.07) is 11.9. The first-order valence-electron chi connectivity index (χ1n) is 11.1. The number of benzene rings is 1. The van der Waals surface area contributed by atoms with Crippen LogP contribution in [0.25, 0.3) is 0 Å². The summed E-state index contributed by atoms with van der Waals surface area (Å²) in [7, 11) is -3.42. The van der Waals surface area contributed by atoms with Gasteiger partial charge in [0.1, 0.15) is 4.21 Å². The second-order valence-corrected chi connectivity index (χ2v) is 11.6. The van der Waals surface area contributed by atoms with Gasteiger partial charge < -0.3 is 5.32 Å². The predicted molar refractivity (Wildman–Crippen MR) is 123 cm³/mol. The molecule has 2 fully saturated rings. The maximum absolute atomic E-state index is 12.6. The zero-order valence-electron chi connectivity index (χ0n) is 17.8. The Bertz CT molecular complexity index is 944. The number of amides is 1. The highest BCUT2D eigenvalue weighted by Crippen LogP contribution is 2.26. The molecule has 3 heterocycles. The summed E-state index contributed by atoms with van der Waals surface area (Å²) in [6.45, 7) is 4.67. The largest absolute Gasteiger partial charge is 0.352 e. The van der Waals surface area contributed by atoms with Gasteiger partial charge in [-0.05, 0) is 61.3 Å². The van der Waals surface area contributed by atoms with Crippen LogP contribution in [0, 0.1) is 5.92 Å². The zero-order chi connectivity index (χ0) is 21.7. The topological polar surface area (TPSA) is 69.7 Å². The van der Waals surface area contributed by atoms with Gasteiger partial charge in [0, 0.05) is 32.1 Å². The normalized spacial score (nSPS) is 19.4. The van der Waals surface area contributed by atoms with Crippen LogP contribution in [0.4, 0.5) is 0 Å². The molecule has 2 aliphatic heterocycles. The van der Waals surface area contributed by atoms with Crippen molar-refractivity contribution in [2.24, 2.45) is 5.92 Å². The first-order valence-corrected chi connectivity index (χ1v) is 13.5. The number of thiophene rings is 1. The van der Waals surface area contributed by atoms with Gasteiger partial charge in [-0.1, -0.05) is 36.8 Å². The van der Waals surface area contributed by atoms with Gasteiger partial charge in [-0.15, -0.1) is 11.3 Å². The number of nitrogens with zero attached hydrogens (tertiary/aromatic N) is 2. The molecule has 0 spiro atoms. The van der Waals surface area contributed by atoms with E-state index in [-0.39, 0.29) is 11.8 Å². The summed E-state index contributed by atoms with van der Waals surface area (Å²) < 4.78 is 27.1. The van der Waals surface area contributed by atoms with E-state index in [1.54, 1.807) is 17.5 Å². The highest BCUT2D eigenvalue weighted by Gasteiger charge is 2.32. The minimum Gasteiger partial charge on any atom is -0.352 e. The lowest BCUT2D eigenvalue weighted by atomic mass is 9.97. The highest BCUT2D eigenvalue weighted by atomic mass is 32.2. The minimum atomic E-state index is -3.42. The molecule has 6 nitrogen and oxygen atoms in total. The van der Waals surface area contributed by atoms with Crippen molar-refractivity contribution in [2.75, 3.05) is 26.2 Å². The second kappa shape index (κ2) is 10.3. The van der Waals surface area contributed by atoms with Crippen LogP contribution in [0.15, 0.2) is 46.0 Å². The molecule has 1 aromatic carbocycles. The molecule has 2 aromatic rings. The molecule has 1 aromatic heterocycles. The van der Waals surface area contributed by atoms with Crippen molar-refractivity contribution < 1.29 is 13.2 Å². The third-order valence-electron chi connectivity index (χ3n) is 6.26. The molecule has 0 atom stereocenters. The molecule has 8 heteroatoms. The highest BCUT2D eigenvalue weighted by molar-refractivity contribution is 7.91. The summed E-state index contributed by atoms with van der Waals surface area (Å²) in [4.78, 5) is 15.1. The van der Waals surface area contributed by atoms with Crippen LogP contribution in [0.2, 0.25) is 0 Å². The van der Waals surface area contributed by atoms with Crippen molar-refractivity contribution in [1.82, 2.24) is 14.5 Å². The molecule has 168 valence electrons. The number of sulfonamides is 1. The molecule has 0 unspecified atom stereocenters. The van der Waals surface area contributed by atoms with Gasteiger partial charge in [0.15, 0.2) is 0 Å². The lowest BCUT2D eigenvalue weighted by Crippen LogP contribution is -2.42. The van der Waals surface area contributed by atoms with Gasteiger partial charge in [0.25, 0.3) is 10.0 Å². The van der Waals surface area contributed by atoms with E-state index in [0.717, 1.165) is 12.1 Å². The summed E-state index contributed by atoms with van der Waals surface area (Å²) >= 11 is 1.24. The van der Waals surface area contributed by atoms with Crippen molar-refractivity contribution in [3.05, 3.63) is 52.9 Å². The van der Waals surface area contributed by atoms with Gasteiger partial charge in [-0.2, -0.15) is 4.31 Å². The van der Waals surface area contributed by atoms with Gasteiger partial charge >= 0.3 is 0 Å². The molecule has 0 radical (unpaired) electrons. The van der Waals surface area contributed by atoms with E-state index in [9.17, 15) is 13.2 Å². The van der Waals surface area contributed by atoms with Crippen LogP contribution in [-0.2, 0) is 27.9 Å². The minimum absolute atomic E-state index is 0.0190. The van der Waals surface area contributed by atoms with Gasteiger partial charge in [-0.25, -0.2) is 8.42 Å². The third kappa shape index (κ3) is 5.74. The van der Waals surface area contributed by atoms with E-state index in [1.165, 1.54) is 53.6 Å². The first kappa shape index (κ1) is 22.5. The van der Waals surface area contributed by atoms with E-state index in [2.05, 4.69) is 34.5 Å². The van der Waals surface area contributed by atoms with Crippen molar-refractivity contribution in [3.8, 4) is 0 Å². The number of carbonyl (C=O) groups excluding carboxylic acids is 1. The standard InChI is InChI=1S/C23H31N3O3S2/c27-23(21-10-14-26(15-11-21)31(28,29)22-5-4-16-30-22)24-17-19-6-8-20(9-7-19)18-25-12-2-1-3-13-25/h4-9,16,21H,1-3,10-15,17-18H2,(H,24,27). The smallest absolute Gasteiger partial charge is 0.252 e. The molecule has 1 amide bonds. The molecular weight excluding hydrogens is 430 g/mol.